The highest BCUT2D eigenvalue weighted by Crippen LogP contribution is 2.13. The number of nitrogens with zero attached hydrogens (tertiary/aromatic N) is 3. The summed E-state index contributed by atoms with van der Waals surface area (Å²) in [4.78, 5) is 11.2. The van der Waals surface area contributed by atoms with Crippen LogP contribution in [0.3, 0.4) is 0 Å². The van der Waals surface area contributed by atoms with Crippen molar-refractivity contribution in [2.45, 2.75) is 53.1 Å². The minimum Gasteiger partial charge on any atom is -0.356 e. The molecule has 108 valence electrons. The van der Waals surface area contributed by atoms with Crippen LogP contribution in [0.25, 0.3) is 0 Å². The number of aromatic nitrogens is 2. The number of hydrogen-bond donors (Lipinski definition) is 1. The minimum absolute atomic E-state index is 0.504. The van der Waals surface area contributed by atoms with E-state index in [1.54, 1.807) is 0 Å². The maximum atomic E-state index is 4.50. The van der Waals surface area contributed by atoms with Gasteiger partial charge in [-0.05, 0) is 25.8 Å². The molecule has 0 spiro atoms. The molecule has 1 aromatic rings. The summed E-state index contributed by atoms with van der Waals surface area (Å²) in [6.07, 6.45) is 6.11. The Morgan fingerprint density at radius 3 is 2.47 bits per heavy atom. The van der Waals surface area contributed by atoms with Gasteiger partial charge >= 0.3 is 0 Å². The zero-order chi connectivity index (χ0) is 14.3. The molecule has 0 aliphatic heterocycles. The van der Waals surface area contributed by atoms with Gasteiger partial charge in [0, 0.05) is 19.6 Å². The van der Waals surface area contributed by atoms with E-state index in [9.17, 15) is 0 Å². The Kier molecular flexibility index (Phi) is 6.78. The molecule has 0 fully saturated rings. The number of rotatable bonds is 8. The molecule has 1 unspecified atom stereocenters. The van der Waals surface area contributed by atoms with Gasteiger partial charge in [0.2, 0.25) is 0 Å². The van der Waals surface area contributed by atoms with Crippen LogP contribution in [0.4, 0.5) is 5.82 Å². The fourth-order valence-electron chi connectivity index (χ4n) is 1.95. The Hall–Kier alpha value is -1.16. The van der Waals surface area contributed by atoms with Crippen LogP contribution in [0.1, 0.15) is 46.2 Å². The topological polar surface area (TPSA) is 41.1 Å². The summed E-state index contributed by atoms with van der Waals surface area (Å²) in [5.74, 6) is 1.61. The minimum atomic E-state index is 0.504. The molecule has 0 saturated heterocycles. The summed E-state index contributed by atoms with van der Waals surface area (Å²) in [6.45, 7) is 10.6. The third kappa shape index (κ3) is 5.55. The van der Waals surface area contributed by atoms with Gasteiger partial charge in [-0.1, -0.05) is 27.2 Å². The highest BCUT2D eigenvalue weighted by molar-refractivity contribution is 5.35. The Bertz CT molecular complexity index is 348. The summed E-state index contributed by atoms with van der Waals surface area (Å²) < 4.78 is 0. The molecular weight excluding hydrogens is 236 g/mol. The maximum absolute atomic E-state index is 4.50. The molecule has 4 nitrogen and oxygen atoms in total. The SMILES string of the molecule is CCCC(C)N(C)c1cnc(CNCC(C)C)cn1. The van der Waals surface area contributed by atoms with Crippen LogP contribution in [-0.2, 0) is 6.54 Å². The molecule has 1 rings (SSSR count). The van der Waals surface area contributed by atoms with Gasteiger partial charge < -0.3 is 10.2 Å². The molecule has 1 aromatic heterocycles. The van der Waals surface area contributed by atoms with E-state index in [-0.39, 0.29) is 0 Å². The smallest absolute Gasteiger partial charge is 0.147 e. The van der Waals surface area contributed by atoms with E-state index < -0.39 is 0 Å². The second-order valence-corrected chi connectivity index (χ2v) is 5.64. The molecule has 0 amide bonds. The third-order valence-electron chi connectivity index (χ3n) is 3.28. The number of hydrogen-bond acceptors (Lipinski definition) is 4. The molecule has 1 atom stereocenters. The van der Waals surface area contributed by atoms with Crippen molar-refractivity contribution < 1.29 is 0 Å². The van der Waals surface area contributed by atoms with Gasteiger partial charge in [0.25, 0.3) is 0 Å². The normalized spacial score (nSPS) is 12.7. The van der Waals surface area contributed by atoms with Crippen molar-refractivity contribution in [2.24, 2.45) is 5.92 Å². The molecule has 4 heteroatoms. The predicted molar refractivity (Wildman–Crippen MR) is 81.3 cm³/mol. The highest BCUT2D eigenvalue weighted by atomic mass is 15.2. The lowest BCUT2D eigenvalue weighted by molar-refractivity contribution is 0.547. The van der Waals surface area contributed by atoms with Gasteiger partial charge in [0.1, 0.15) is 5.82 Å². The Balaban J connectivity index is 2.51. The molecule has 0 bridgehead atoms. The van der Waals surface area contributed by atoms with Crippen LogP contribution < -0.4 is 10.2 Å². The van der Waals surface area contributed by atoms with Crippen molar-refractivity contribution in [3.05, 3.63) is 18.1 Å². The number of nitrogens with one attached hydrogen (secondary N) is 1. The molecule has 0 aliphatic rings. The van der Waals surface area contributed by atoms with Crippen LogP contribution in [0.2, 0.25) is 0 Å². The van der Waals surface area contributed by atoms with Crippen molar-refractivity contribution in [3.63, 3.8) is 0 Å². The average molecular weight is 264 g/mol. The zero-order valence-electron chi connectivity index (χ0n) is 13.0. The first kappa shape index (κ1) is 15.9. The molecule has 0 aliphatic carbocycles. The van der Waals surface area contributed by atoms with Crippen molar-refractivity contribution in [1.29, 1.82) is 0 Å². The quantitative estimate of drug-likeness (QED) is 0.784. The summed E-state index contributed by atoms with van der Waals surface area (Å²) in [5.41, 5.74) is 1.00. The van der Waals surface area contributed by atoms with Crippen molar-refractivity contribution in [1.82, 2.24) is 15.3 Å². The lowest BCUT2D eigenvalue weighted by Gasteiger charge is -2.25. The third-order valence-corrected chi connectivity index (χ3v) is 3.28. The van der Waals surface area contributed by atoms with E-state index in [4.69, 9.17) is 0 Å². The average Bonchev–Trinajstić information content (AvgIpc) is 2.38. The van der Waals surface area contributed by atoms with E-state index in [2.05, 4.69) is 54.9 Å². The second-order valence-electron chi connectivity index (χ2n) is 5.64. The summed E-state index contributed by atoms with van der Waals surface area (Å²) >= 11 is 0. The van der Waals surface area contributed by atoms with Gasteiger partial charge in [-0.3, -0.25) is 4.98 Å². The lowest BCUT2D eigenvalue weighted by Crippen LogP contribution is -2.29. The van der Waals surface area contributed by atoms with E-state index in [0.29, 0.717) is 12.0 Å². The lowest BCUT2D eigenvalue weighted by atomic mass is 10.2. The predicted octanol–water partition coefficient (Wildman–Crippen LogP) is 2.85. The van der Waals surface area contributed by atoms with Crippen molar-refractivity contribution >= 4 is 5.82 Å². The van der Waals surface area contributed by atoms with Gasteiger partial charge in [-0.25, -0.2) is 4.98 Å². The molecule has 0 saturated carbocycles. The van der Waals surface area contributed by atoms with Gasteiger partial charge in [0.05, 0.1) is 18.1 Å². The first-order valence-electron chi connectivity index (χ1n) is 7.29. The molecule has 0 radical (unpaired) electrons. The van der Waals surface area contributed by atoms with Crippen LogP contribution in [0.15, 0.2) is 12.4 Å². The Labute approximate surface area is 117 Å². The Morgan fingerprint density at radius 1 is 1.21 bits per heavy atom. The molecule has 0 aromatic carbocycles. The summed E-state index contributed by atoms with van der Waals surface area (Å²) in [5, 5.41) is 3.38. The van der Waals surface area contributed by atoms with E-state index in [1.807, 2.05) is 12.4 Å². The molecular formula is C15H28N4. The monoisotopic (exact) mass is 264 g/mol. The Morgan fingerprint density at radius 2 is 1.95 bits per heavy atom. The van der Waals surface area contributed by atoms with Crippen LogP contribution in [-0.4, -0.2) is 29.6 Å². The highest BCUT2D eigenvalue weighted by Gasteiger charge is 2.10. The van der Waals surface area contributed by atoms with Crippen LogP contribution in [0.5, 0.6) is 0 Å². The largest absolute Gasteiger partial charge is 0.356 e. The standard InChI is InChI=1S/C15H28N4/c1-6-7-13(4)19(5)15-11-17-14(10-18-15)9-16-8-12(2)3/h10-13,16H,6-9H2,1-5H3. The molecule has 19 heavy (non-hydrogen) atoms. The zero-order valence-corrected chi connectivity index (χ0v) is 13.0. The van der Waals surface area contributed by atoms with Gasteiger partial charge in [0.15, 0.2) is 0 Å². The second kappa shape index (κ2) is 8.10. The number of anilines is 1. The van der Waals surface area contributed by atoms with E-state index in [1.165, 1.54) is 12.8 Å². The van der Waals surface area contributed by atoms with Crippen molar-refractivity contribution in [3.8, 4) is 0 Å². The van der Waals surface area contributed by atoms with E-state index >= 15 is 0 Å². The summed E-state index contributed by atoms with van der Waals surface area (Å²) in [6, 6.07) is 0.504. The fraction of sp³-hybridized carbons (Fsp3) is 0.733. The first-order valence-corrected chi connectivity index (χ1v) is 7.29. The molecule has 1 heterocycles. The summed E-state index contributed by atoms with van der Waals surface area (Å²) in [7, 11) is 2.08. The fourth-order valence-corrected chi connectivity index (χ4v) is 1.95. The maximum Gasteiger partial charge on any atom is 0.147 e. The van der Waals surface area contributed by atoms with Gasteiger partial charge in [-0.2, -0.15) is 0 Å². The van der Waals surface area contributed by atoms with Crippen LogP contribution >= 0.6 is 0 Å². The molecule has 1 N–H and O–H groups in total. The van der Waals surface area contributed by atoms with Crippen molar-refractivity contribution in [2.75, 3.05) is 18.5 Å². The van der Waals surface area contributed by atoms with Crippen LogP contribution in [0, 0.1) is 5.92 Å². The van der Waals surface area contributed by atoms with E-state index in [0.717, 1.165) is 24.6 Å². The first-order chi connectivity index (χ1) is 9.04. The van der Waals surface area contributed by atoms with Gasteiger partial charge in [-0.15, -0.1) is 0 Å².